The fraction of sp³-hybridized carbons (Fsp3) is 0.324. The molecule has 3 heteroatoms. The molecule has 0 saturated carbocycles. The molecular weight excluding hydrogens is 452 g/mol. The lowest BCUT2D eigenvalue weighted by atomic mass is 9.82. The predicted octanol–water partition coefficient (Wildman–Crippen LogP) is 8.18. The molecule has 0 amide bonds. The van der Waals surface area contributed by atoms with E-state index in [-0.39, 0.29) is 5.41 Å². The van der Waals surface area contributed by atoms with E-state index in [4.69, 9.17) is 9.72 Å². The Morgan fingerprint density at radius 1 is 0.757 bits per heavy atom. The molecule has 3 aromatic carbocycles. The smallest absolute Gasteiger partial charge is 0.128 e. The SMILES string of the molecule is Cc1cc(C(C)(C)C)c(C)cc1-c1cc(OCc2ccccc2)c(CN(C)Cc2ccccc2)c(C)n1. The molecule has 4 rings (SSSR count). The minimum absolute atomic E-state index is 0.105. The van der Waals surface area contributed by atoms with Crippen LogP contribution in [0, 0.1) is 20.8 Å². The van der Waals surface area contributed by atoms with Crippen LogP contribution in [0.25, 0.3) is 11.3 Å². The van der Waals surface area contributed by atoms with Crippen LogP contribution >= 0.6 is 0 Å². The third-order valence-electron chi connectivity index (χ3n) is 6.91. The molecule has 0 bridgehead atoms. The van der Waals surface area contributed by atoms with Gasteiger partial charge in [0.1, 0.15) is 12.4 Å². The van der Waals surface area contributed by atoms with Crippen LogP contribution in [0.15, 0.2) is 78.9 Å². The van der Waals surface area contributed by atoms with Gasteiger partial charge in [0.25, 0.3) is 0 Å². The van der Waals surface area contributed by atoms with E-state index in [1.165, 1.54) is 27.8 Å². The molecule has 4 aromatic rings. The number of rotatable bonds is 8. The molecule has 0 atom stereocenters. The van der Waals surface area contributed by atoms with Crippen LogP contribution in [0.5, 0.6) is 5.75 Å². The van der Waals surface area contributed by atoms with E-state index in [0.717, 1.165) is 41.4 Å². The lowest BCUT2D eigenvalue weighted by molar-refractivity contribution is 0.281. The normalized spacial score (nSPS) is 11.7. The van der Waals surface area contributed by atoms with E-state index < -0.39 is 0 Å². The minimum atomic E-state index is 0.105. The quantitative estimate of drug-likeness (QED) is 0.248. The number of benzene rings is 3. The van der Waals surface area contributed by atoms with Crippen LogP contribution in [0.2, 0.25) is 0 Å². The Morgan fingerprint density at radius 3 is 2.00 bits per heavy atom. The van der Waals surface area contributed by atoms with E-state index >= 15 is 0 Å². The van der Waals surface area contributed by atoms with E-state index in [0.29, 0.717) is 6.61 Å². The van der Waals surface area contributed by atoms with Crippen LogP contribution < -0.4 is 4.74 Å². The molecule has 0 saturated heterocycles. The van der Waals surface area contributed by atoms with Crippen LogP contribution in [0.1, 0.15) is 59.8 Å². The number of ether oxygens (including phenoxy) is 1. The minimum Gasteiger partial charge on any atom is -0.488 e. The Bertz CT molecular complexity index is 1340. The average molecular weight is 493 g/mol. The number of pyridine rings is 1. The Hall–Kier alpha value is -3.43. The van der Waals surface area contributed by atoms with Crippen molar-refractivity contribution in [2.75, 3.05) is 7.05 Å². The van der Waals surface area contributed by atoms with Gasteiger partial charge in [-0.3, -0.25) is 9.88 Å². The molecule has 3 nitrogen and oxygen atoms in total. The van der Waals surface area contributed by atoms with Crippen molar-refractivity contribution in [3.63, 3.8) is 0 Å². The summed E-state index contributed by atoms with van der Waals surface area (Å²) in [5.74, 6) is 0.906. The van der Waals surface area contributed by atoms with Gasteiger partial charge in [-0.05, 0) is 67.1 Å². The molecule has 0 aliphatic rings. The van der Waals surface area contributed by atoms with Gasteiger partial charge in [-0.2, -0.15) is 0 Å². The summed E-state index contributed by atoms with van der Waals surface area (Å²) in [5, 5.41) is 0. The lowest BCUT2D eigenvalue weighted by Crippen LogP contribution is -2.19. The Labute approximate surface area is 223 Å². The highest BCUT2D eigenvalue weighted by Crippen LogP contribution is 2.35. The summed E-state index contributed by atoms with van der Waals surface area (Å²) >= 11 is 0. The summed E-state index contributed by atoms with van der Waals surface area (Å²) in [6.45, 7) is 15.5. The molecule has 0 aliphatic carbocycles. The number of hydrogen-bond acceptors (Lipinski definition) is 3. The predicted molar refractivity (Wildman–Crippen MR) is 155 cm³/mol. The van der Waals surface area contributed by atoms with Gasteiger partial charge >= 0.3 is 0 Å². The van der Waals surface area contributed by atoms with Crippen molar-refractivity contribution in [3.05, 3.63) is 118 Å². The zero-order chi connectivity index (χ0) is 26.6. The maximum atomic E-state index is 6.50. The van der Waals surface area contributed by atoms with Crippen LogP contribution in [0.3, 0.4) is 0 Å². The largest absolute Gasteiger partial charge is 0.488 e. The van der Waals surface area contributed by atoms with Crippen molar-refractivity contribution >= 4 is 0 Å². The standard InChI is InChI=1S/C34H40N2O/c1-24-19-31(34(4,5)6)25(2)18-29(24)32-20-33(37-23-28-16-12-9-13-17-28)30(26(3)35-32)22-36(7)21-27-14-10-8-11-15-27/h8-20H,21-23H2,1-7H3. The molecular formula is C34H40N2O. The Morgan fingerprint density at radius 2 is 1.38 bits per heavy atom. The molecule has 0 fully saturated rings. The van der Waals surface area contributed by atoms with Gasteiger partial charge in [0.05, 0.1) is 5.69 Å². The first-order valence-corrected chi connectivity index (χ1v) is 13.1. The number of aromatic nitrogens is 1. The molecule has 0 radical (unpaired) electrons. The van der Waals surface area contributed by atoms with Crippen molar-refractivity contribution in [1.82, 2.24) is 9.88 Å². The van der Waals surface area contributed by atoms with E-state index in [9.17, 15) is 0 Å². The molecule has 0 aliphatic heterocycles. The highest BCUT2D eigenvalue weighted by molar-refractivity contribution is 5.68. The van der Waals surface area contributed by atoms with Gasteiger partial charge < -0.3 is 4.74 Å². The van der Waals surface area contributed by atoms with Crippen molar-refractivity contribution in [2.45, 2.75) is 66.7 Å². The second-order valence-electron chi connectivity index (χ2n) is 11.2. The van der Waals surface area contributed by atoms with Crippen LogP contribution in [-0.4, -0.2) is 16.9 Å². The molecule has 0 spiro atoms. The number of aryl methyl sites for hydroxylation is 3. The number of nitrogens with zero attached hydrogens (tertiary/aromatic N) is 2. The molecule has 37 heavy (non-hydrogen) atoms. The topological polar surface area (TPSA) is 25.4 Å². The first kappa shape index (κ1) is 26.6. The van der Waals surface area contributed by atoms with E-state index in [1.807, 2.05) is 6.07 Å². The maximum Gasteiger partial charge on any atom is 0.128 e. The highest BCUT2D eigenvalue weighted by atomic mass is 16.5. The first-order chi connectivity index (χ1) is 17.6. The van der Waals surface area contributed by atoms with Crippen molar-refractivity contribution < 1.29 is 4.74 Å². The molecule has 1 aromatic heterocycles. The number of hydrogen-bond donors (Lipinski definition) is 0. The summed E-state index contributed by atoms with van der Waals surface area (Å²) in [6, 6.07) is 27.7. The molecule has 1 heterocycles. The third-order valence-corrected chi connectivity index (χ3v) is 6.91. The molecule has 0 unspecified atom stereocenters. The van der Waals surface area contributed by atoms with E-state index in [1.54, 1.807) is 0 Å². The molecule has 192 valence electrons. The van der Waals surface area contributed by atoms with Gasteiger partial charge in [0.15, 0.2) is 0 Å². The van der Waals surface area contributed by atoms with Crippen LogP contribution in [0.4, 0.5) is 0 Å². The monoisotopic (exact) mass is 492 g/mol. The lowest BCUT2D eigenvalue weighted by Gasteiger charge is -2.24. The fourth-order valence-corrected chi connectivity index (χ4v) is 4.99. The summed E-state index contributed by atoms with van der Waals surface area (Å²) in [7, 11) is 2.15. The second-order valence-corrected chi connectivity index (χ2v) is 11.2. The maximum absolute atomic E-state index is 6.50. The van der Waals surface area contributed by atoms with Gasteiger partial charge in [0, 0.05) is 36.0 Å². The van der Waals surface area contributed by atoms with Crippen molar-refractivity contribution in [2.24, 2.45) is 0 Å². The zero-order valence-electron chi connectivity index (χ0n) is 23.4. The molecule has 0 N–H and O–H groups in total. The van der Waals surface area contributed by atoms with Gasteiger partial charge in [-0.1, -0.05) is 87.5 Å². The highest BCUT2D eigenvalue weighted by Gasteiger charge is 2.20. The fourth-order valence-electron chi connectivity index (χ4n) is 4.99. The average Bonchev–Trinajstić information content (AvgIpc) is 2.86. The summed E-state index contributed by atoms with van der Waals surface area (Å²) in [5.41, 5.74) is 10.8. The van der Waals surface area contributed by atoms with Gasteiger partial charge in [0.2, 0.25) is 0 Å². The second kappa shape index (κ2) is 11.3. The third kappa shape index (κ3) is 6.67. The summed E-state index contributed by atoms with van der Waals surface area (Å²) in [4.78, 5) is 7.43. The van der Waals surface area contributed by atoms with E-state index in [2.05, 4.69) is 126 Å². The van der Waals surface area contributed by atoms with Gasteiger partial charge in [-0.25, -0.2) is 0 Å². The first-order valence-electron chi connectivity index (χ1n) is 13.1. The summed E-state index contributed by atoms with van der Waals surface area (Å²) < 4.78 is 6.50. The summed E-state index contributed by atoms with van der Waals surface area (Å²) in [6.07, 6.45) is 0. The Kier molecular flexibility index (Phi) is 8.14. The zero-order valence-corrected chi connectivity index (χ0v) is 23.4. The van der Waals surface area contributed by atoms with Crippen LogP contribution in [-0.2, 0) is 25.1 Å². The Balaban J connectivity index is 1.70. The van der Waals surface area contributed by atoms with Crippen molar-refractivity contribution in [1.29, 1.82) is 0 Å². The van der Waals surface area contributed by atoms with Crippen molar-refractivity contribution in [3.8, 4) is 17.0 Å². The van der Waals surface area contributed by atoms with Gasteiger partial charge in [-0.15, -0.1) is 0 Å².